The van der Waals surface area contributed by atoms with E-state index in [1.807, 2.05) is 4.40 Å². The molecule has 0 aliphatic carbocycles. The van der Waals surface area contributed by atoms with E-state index < -0.39 is 5.91 Å². The summed E-state index contributed by atoms with van der Waals surface area (Å²) in [7, 11) is 0. The van der Waals surface area contributed by atoms with Gasteiger partial charge in [0.15, 0.2) is 0 Å². The second kappa shape index (κ2) is 5.29. The molecule has 0 radical (unpaired) electrons. The monoisotopic (exact) mass is 298 g/mol. The van der Waals surface area contributed by atoms with Crippen molar-refractivity contribution in [2.45, 2.75) is 32.6 Å². The molecule has 1 aromatic carbocycles. The smallest absolute Gasteiger partial charge is 0.274 e. The maximum Gasteiger partial charge on any atom is 0.274 e. The van der Waals surface area contributed by atoms with Crippen LogP contribution in [0.3, 0.4) is 0 Å². The number of nitrogens with zero attached hydrogens (tertiary/aromatic N) is 2. The first-order chi connectivity index (χ1) is 10.6. The van der Waals surface area contributed by atoms with Gasteiger partial charge in [0, 0.05) is 11.5 Å². The Labute approximate surface area is 127 Å². The van der Waals surface area contributed by atoms with E-state index >= 15 is 0 Å². The molecule has 6 heteroatoms. The molecule has 0 fully saturated rings. The van der Waals surface area contributed by atoms with Crippen molar-refractivity contribution in [1.29, 1.82) is 0 Å². The number of hydrogen-bond donors (Lipinski definition) is 2. The lowest BCUT2D eigenvalue weighted by atomic mass is 10.0. The van der Waals surface area contributed by atoms with Crippen LogP contribution in [0.1, 0.15) is 48.8 Å². The van der Waals surface area contributed by atoms with Gasteiger partial charge in [0.25, 0.3) is 5.56 Å². The summed E-state index contributed by atoms with van der Waals surface area (Å²) >= 11 is 0. The fourth-order valence-corrected chi connectivity index (χ4v) is 2.89. The Morgan fingerprint density at radius 1 is 1.32 bits per heavy atom. The van der Waals surface area contributed by atoms with Crippen LogP contribution >= 0.6 is 0 Å². The molecular formula is C16H18N4O2. The molecule has 0 aliphatic heterocycles. The molecule has 0 saturated carbocycles. The number of H-pyrrole nitrogens is 1. The summed E-state index contributed by atoms with van der Waals surface area (Å²) in [5.74, 6) is 0.639. The third-order valence-corrected chi connectivity index (χ3v) is 4.14. The lowest BCUT2D eigenvalue weighted by Crippen LogP contribution is -2.14. The van der Waals surface area contributed by atoms with Gasteiger partial charge in [-0.25, -0.2) is 4.98 Å². The zero-order chi connectivity index (χ0) is 15.9. The molecule has 0 unspecified atom stereocenters. The molecule has 1 amide bonds. The van der Waals surface area contributed by atoms with E-state index in [2.05, 4.69) is 23.8 Å². The molecule has 6 nitrogen and oxygen atoms in total. The highest BCUT2D eigenvalue weighted by Crippen LogP contribution is 2.25. The number of carbonyl (C=O) groups excluding carboxylic acids is 1. The van der Waals surface area contributed by atoms with Crippen molar-refractivity contribution in [3.8, 4) is 0 Å². The van der Waals surface area contributed by atoms with Crippen LogP contribution in [0.5, 0.6) is 0 Å². The lowest BCUT2D eigenvalue weighted by molar-refractivity contribution is 0.100. The Balaban J connectivity index is 2.40. The Hall–Kier alpha value is -2.63. The molecule has 22 heavy (non-hydrogen) atoms. The van der Waals surface area contributed by atoms with E-state index in [1.54, 1.807) is 24.4 Å². The molecule has 0 bridgehead atoms. The molecule has 0 aliphatic rings. The van der Waals surface area contributed by atoms with Crippen LogP contribution in [0.2, 0.25) is 0 Å². The molecule has 3 aromatic rings. The maximum atomic E-state index is 12.3. The van der Waals surface area contributed by atoms with Gasteiger partial charge in [0.1, 0.15) is 11.3 Å². The molecule has 3 rings (SSSR count). The summed E-state index contributed by atoms with van der Waals surface area (Å²) in [4.78, 5) is 30.8. The Morgan fingerprint density at radius 2 is 2.05 bits per heavy atom. The van der Waals surface area contributed by atoms with E-state index in [9.17, 15) is 9.59 Å². The topological polar surface area (TPSA) is 93.2 Å². The van der Waals surface area contributed by atoms with E-state index in [4.69, 9.17) is 5.73 Å². The predicted octanol–water partition coefficient (Wildman–Crippen LogP) is 2.18. The SMILES string of the molecule is CCC(CC)c1ncc2c(=O)[nH]c3cc(C(N)=O)ccc3n12. The van der Waals surface area contributed by atoms with Gasteiger partial charge < -0.3 is 10.7 Å². The number of aromatic amines is 1. The van der Waals surface area contributed by atoms with Crippen LogP contribution < -0.4 is 11.3 Å². The number of hydrogen-bond acceptors (Lipinski definition) is 3. The van der Waals surface area contributed by atoms with Gasteiger partial charge in [0.2, 0.25) is 5.91 Å². The van der Waals surface area contributed by atoms with Crippen LogP contribution in [0.4, 0.5) is 0 Å². The number of benzene rings is 1. The Morgan fingerprint density at radius 3 is 2.68 bits per heavy atom. The van der Waals surface area contributed by atoms with Gasteiger partial charge in [-0.2, -0.15) is 0 Å². The van der Waals surface area contributed by atoms with Crippen LogP contribution in [0.25, 0.3) is 16.6 Å². The zero-order valence-electron chi connectivity index (χ0n) is 12.6. The largest absolute Gasteiger partial charge is 0.366 e. The van der Waals surface area contributed by atoms with Gasteiger partial charge >= 0.3 is 0 Å². The lowest BCUT2D eigenvalue weighted by Gasteiger charge is -2.13. The number of primary amides is 1. The zero-order valence-corrected chi connectivity index (χ0v) is 12.6. The summed E-state index contributed by atoms with van der Waals surface area (Å²) in [5, 5.41) is 0. The summed E-state index contributed by atoms with van der Waals surface area (Å²) in [6, 6.07) is 5.07. The van der Waals surface area contributed by atoms with Crippen molar-refractivity contribution in [2.24, 2.45) is 5.73 Å². The van der Waals surface area contributed by atoms with Crippen molar-refractivity contribution in [1.82, 2.24) is 14.4 Å². The van der Waals surface area contributed by atoms with Crippen molar-refractivity contribution < 1.29 is 4.79 Å². The summed E-state index contributed by atoms with van der Waals surface area (Å²) in [6.07, 6.45) is 3.50. The number of carbonyl (C=O) groups is 1. The summed E-state index contributed by atoms with van der Waals surface area (Å²) in [6.45, 7) is 4.21. The van der Waals surface area contributed by atoms with Gasteiger partial charge in [-0.05, 0) is 31.0 Å². The third-order valence-electron chi connectivity index (χ3n) is 4.14. The minimum Gasteiger partial charge on any atom is -0.366 e. The standard InChI is InChI=1S/C16H18N4O2/c1-3-9(4-2)15-18-8-13-16(22)19-11-7-10(14(17)21)5-6-12(11)20(13)15/h5-9H,3-4H2,1-2H3,(H2,17,21)(H,19,22). The molecule has 0 spiro atoms. The molecule has 2 aromatic heterocycles. The number of aromatic nitrogens is 3. The molecule has 2 heterocycles. The van der Waals surface area contributed by atoms with Crippen LogP contribution in [0, 0.1) is 0 Å². The van der Waals surface area contributed by atoms with Gasteiger partial charge in [-0.3, -0.25) is 14.0 Å². The van der Waals surface area contributed by atoms with Crippen molar-refractivity contribution in [2.75, 3.05) is 0 Å². The molecule has 3 N–H and O–H groups in total. The molecule has 0 saturated heterocycles. The number of nitrogens with two attached hydrogens (primary N) is 1. The summed E-state index contributed by atoms with van der Waals surface area (Å²) in [5.41, 5.74) is 7.37. The number of nitrogens with one attached hydrogen (secondary N) is 1. The fourth-order valence-electron chi connectivity index (χ4n) is 2.89. The third kappa shape index (κ3) is 2.07. The second-order valence-corrected chi connectivity index (χ2v) is 5.40. The van der Waals surface area contributed by atoms with Crippen LogP contribution in [0.15, 0.2) is 29.2 Å². The first-order valence-electron chi connectivity index (χ1n) is 7.40. The van der Waals surface area contributed by atoms with Crippen molar-refractivity contribution in [3.63, 3.8) is 0 Å². The van der Waals surface area contributed by atoms with Crippen molar-refractivity contribution in [3.05, 3.63) is 46.1 Å². The van der Waals surface area contributed by atoms with Crippen LogP contribution in [-0.2, 0) is 0 Å². The van der Waals surface area contributed by atoms with E-state index in [-0.39, 0.29) is 11.5 Å². The molecule has 114 valence electrons. The first-order valence-corrected chi connectivity index (χ1v) is 7.40. The quantitative estimate of drug-likeness (QED) is 0.773. The first kappa shape index (κ1) is 14.3. The second-order valence-electron chi connectivity index (χ2n) is 5.40. The van der Waals surface area contributed by atoms with E-state index in [1.165, 1.54) is 0 Å². The van der Waals surface area contributed by atoms with E-state index in [0.717, 1.165) is 24.2 Å². The van der Waals surface area contributed by atoms with Gasteiger partial charge in [-0.15, -0.1) is 0 Å². The predicted molar refractivity (Wildman–Crippen MR) is 85.2 cm³/mol. The van der Waals surface area contributed by atoms with Gasteiger partial charge in [0.05, 0.1) is 17.2 Å². The van der Waals surface area contributed by atoms with Gasteiger partial charge in [-0.1, -0.05) is 13.8 Å². The highest BCUT2D eigenvalue weighted by Gasteiger charge is 2.17. The minimum atomic E-state index is -0.520. The average Bonchev–Trinajstić information content (AvgIpc) is 2.94. The highest BCUT2D eigenvalue weighted by molar-refractivity contribution is 5.96. The van der Waals surface area contributed by atoms with Crippen LogP contribution in [-0.4, -0.2) is 20.3 Å². The Bertz CT molecular complexity index is 919. The van der Waals surface area contributed by atoms with E-state index in [0.29, 0.717) is 16.6 Å². The molecular weight excluding hydrogens is 280 g/mol. The number of amides is 1. The number of fused-ring (bicyclic) bond motifs is 3. The average molecular weight is 298 g/mol. The molecule has 0 atom stereocenters. The van der Waals surface area contributed by atoms with Crippen molar-refractivity contribution >= 4 is 22.5 Å². The number of imidazole rings is 1. The highest BCUT2D eigenvalue weighted by atomic mass is 16.1. The maximum absolute atomic E-state index is 12.3. The Kier molecular flexibility index (Phi) is 3.44. The fraction of sp³-hybridized carbons (Fsp3) is 0.312. The minimum absolute atomic E-state index is 0.223. The normalized spacial score (nSPS) is 11.6. The summed E-state index contributed by atoms with van der Waals surface area (Å²) < 4.78 is 1.89. The number of rotatable bonds is 4.